The number of carbonyl (C=O) groups is 1. The highest BCUT2D eigenvalue weighted by Crippen LogP contribution is 2.43. The molecule has 3 aliphatic heterocycles. The zero-order valence-electron chi connectivity index (χ0n) is 24.5. The number of ether oxygens (including phenoxy) is 6. The molecule has 11 atom stereocenters. The first-order chi connectivity index (χ1) is 21.4. The molecule has 16 nitrogen and oxygen atoms in total. The molecule has 2 fully saturated rings. The largest absolute Gasteiger partial charge is 0.507 e. The molecule has 0 radical (unpaired) electrons. The molecule has 45 heavy (non-hydrogen) atoms. The highest BCUT2D eigenvalue weighted by molar-refractivity contribution is 6.02. The number of phenols is 2. The smallest absolute Gasteiger partial charge is 0.229 e. The van der Waals surface area contributed by atoms with Crippen molar-refractivity contribution in [3.05, 3.63) is 41.5 Å². The molecule has 250 valence electrons. The van der Waals surface area contributed by atoms with E-state index in [9.17, 15) is 45.6 Å². The molecule has 16 heteroatoms. The number of Topliss-reactive ketones (excluding diaryl/α,β-unsaturated/α-hetero) is 1. The summed E-state index contributed by atoms with van der Waals surface area (Å²) in [6, 6.07) is 6.90. The number of aliphatic hydroxyl groups is 7. The summed E-state index contributed by atoms with van der Waals surface area (Å²) in [5.74, 6) is -0.999. The zero-order valence-corrected chi connectivity index (χ0v) is 24.5. The van der Waals surface area contributed by atoms with Crippen LogP contribution in [0, 0.1) is 0 Å². The number of methoxy groups -OCH3 is 1. The molecule has 11 unspecified atom stereocenters. The lowest BCUT2D eigenvalue weighted by molar-refractivity contribution is -0.318. The number of aromatic hydroxyl groups is 2. The lowest BCUT2D eigenvalue weighted by atomic mass is 9.95. The van der Waals surface area contributed by atoms with Crippen LogP contribution in [0.3, 0.4) is 0 Å². The van der Waals surface area contributed by atoms with Crippen LogP contribution in [-0.2, 0) is 14.2 Å². The normalized spacial score (nSPS) is 34.5. The number of benzene rings is 2. The first kappa shape index (κ1) is 34.6. The molecule has 0 spiro atoms. The number of hydrogen-bond donors (Lipinski definition) is 9. The van der Waals surface area contributed by atoms with Gasteiger partial charge in [-0.3, -0.25) is 4.79 Å². The van der Waals surface area contributed by atoms with Crippen LogP contribution in [0.15, 0.2) is 30.3 Å². The second-order valence-corrected chi connectivity index (χ2v) is 10.6. The van der Waals surface area contributed by atoms with Crippen LogP contribution in [0.4, 0.5) is 0 Å². The van der Waals surface area contributed by atoms with E-state index in [2.05, 4.69) is 0 Å². The van der Waals surface area contributed by atoms with Gasteiger partial charge in [0, 0.05) is 19.2 Å². The van der Waals surface area contributed by atoms with Gasteiger partial charge >= 0.3 is 0 Å². The van der Waals surface area contributed by atoms with E-state index in [1.807, 2.05) is 0 Å². The van der Waals surface area contributed by atoms with Gasteiger partial charge in [0.15, 0.2) is 23.6 Å². The Morgan fingerprint density at radius 2 is 1.49 bits per heavy atom. The summed E-state index contributed by atoms with van der Waals surface area (Å²) in [5, 5.41) is 89.2. The predicted molar refractivity (Wildman–Crippen MR) is 149 cm³/mol. The van der Waals surface area contributed by atoms with Crippen LogP contribution in [0.1, 0.15) is 35.4 Å². The highest BCUT2D eigenvalue weighted by Gasteiger charge is 2.47. The third-order valence-corrected chi connectivity index (χ3v) is 7.70. The van der Waals surface area contributed by atoms with Crippen molar-refractivity contribution in [2.75, 3.05) is 20.8 Å². The van der Waals surface area contributed by atoms with E-state index >= 15 is 0 Å². The van der Waals surface area contributed by atoms with Gasteiger partial charge in [-0.15, -0.1) is 0 Å². The summed E-state index contributed by atoms with van der Waals surface area (Å²) >= 11 is 0. The minimum atomic E-state index is -1.77. The minimum absolute atomic E-state index is 0.0457. The Morgan fingerprint density at radius 1 is 0.822 bits per heavy atom. The van der Waals surface area contributed by atoms with E-state index < -0.39 is 85.7 Å². The molecule has 0 bridgehead atoms. The lowest BCUT2D eigenvalue weighted by Crippen LogP contribution is -2.61. The fourth-order valence-corrected chi connectivity index (χ4v) is 5.20. The van der Waals surface area contributed by atoms with Crippen molar-refractivity contribution in [3.63, 3.8) is 0 Å². The van der Waals surface area contributed by atoms with Gasteiger partial charge in [-0.2, -0.15) is 0 Å². The van der Waals surface area contributed by atoms with Gasteiger partial charge in [-0.1, -0.05) is 6.07 Å². The highest BCUT2D eigenvalue weighted by atomic mass is 16.7. The van der Waals surface area contributed by atoms with Crippen LogP contribution in [0.5, 0.6) is 28.7 Å². The fourth-order valence-electron chi connectivity index (χ4n) is 5.20. The number of carbonyl (C=O) groups excluding carboxylic acids is 1. The Morgan fingerprint density at radius 3 is 2.16 bits per heavy atom. The Bertz CT molecular complexity index is 1320. The van der Waals surface area contributed by atoms with Crippen molar-refractivity contribution in [2.45, 2.75) is 80.9 Å². The van der Waals surface area contributed by atoms with Gasteiger partial charge < -0.3 is 74.4 Å². The van der Waals surface area contributed by atoms with E-state index in [4.69, 9.17) is 33.5 Å². The third-order valence-electron chi connectivity index (χ3n) is 7.70. The van der Waals surface area contributed by atoms with E-state index in [1.165, 1.54) is 32.2 Å². The van der Waals surface area contributed by atoms with Gasteiger partial charge in [0.25, 0.3) is 0 Å². The molecule has 0 saturated carbocycles. The maximum Gasteiger partial charge on any atom is 0.229 e. The van der Waals surface area contributed by atoms with Gasteiger partial charge in [0.2, 0.25) is 6.29 Å². The summed E-state index contributed by atoms with van der Waals surface area (Å²) in [5.41, 5.74) is 0.373. The summed E-state index contributed by atoms with van der Waals surface area (Å²) in [4.78, 5) is 12.9. The van der Waals surface area contributed by atoms with Crippen LogP contribution >= 0.6 is 0 Å². The summed E-state index contributed by atoms with van der Waals surface area (Å²) < 4.78 is 33.1. The van der Waals surface area contributed by atoms with Crippen LogP contribution in [0.25, 0.3) is 0 Å². The Balaban J connectivity index is 0.00000226. The minimum Gasteiger partial charge on any atom is -0.507 e. The van der Waals surface area contributed by atoms with Crippen molar-refractivity contribution in [2.24, 2.45) is 0 Å². The van der Waals surface area contributed by atoms with Gasteiger partial charge in [0.1, 0.15) is 71.6 Å². The second kappa shape index (κ2) is 14.4. The quantitative estimate of drug-likeness (QED) is 0.166. The van der Waals surface area contributed by atoms with E-state index in [-0.39, 0.29) is 35.0 Å². The number of hydrogen-bond acceptors (Lipinski definition) is 16. The number of phenolic OH excluding ortho intramolecular Hbond substituents is 2. The fraction of sp³-hybridized carbons (Fsp3) is 0.552. The molecule has 9 N–H and O–H groups in total. The van der Waals surface area contributed by atoms with Crippen molar-refractivity contribution in [1.82, 2.24) is 0 Å². The molecular formula is C29H38O16. The summed E-state index contributed by atoms with van der Waals surface area (Å²) in [7, 11) is 2.39. The Labute approximate surface area is 257 Å². The number of ketones is 1. The average molecular weight is 643 g/mol. The van der Waals surface area contributed by atoms with E-state index in [0.717, 1.165) is 13.2 Å². The number of fused-ring (bicyclic) bond motifs is 1. The molecule has 2 aromatic rings. The summed E-state index contributed by atoms with van der Waals surface area (Å²) in [6.45, 7) is 0.964. The maximum absolute atomic E-state index is 12.9. The van der Waals surface area contributed by atoms with E-state index in [0.29, 0.717) is 5.56 Å². The molecule has 0 aliphatic carbocycles. The van der Waals surface area contributed by atoms with Gasteiger partial charge in [0.05, 0.1) is 26.2 Å². The zero-order chi connectivity index (χ0) is 33.2. The van der Waals surface area contributed by atoms with Crippen LogP contribution in [-0.4, -0.2) is 134 Å². The molecule has 0 aromatic heterocycles. The van der Waals surface area contributed by atoms with Crippen LogP contribution < -0.4 is 14.2 Å². The molecule has 0 amide bonds. The van der Waals surface area contributed by atoms with Gasteiger partial charge in [-0.05, 0) is 24.6 Å². The molecule has 5 rings (SSSR count). The lowest BCUT2D eigenvalue weighted by Gasteiger charge is -2.42. The van der Waals surface area contributed by atoms with E-state index in [1.54, 1.807) is 6.07 Å². The first-order valence-corrected chi connectivity index (χ1v) is 14.0. The second-order valence-electron chi connectivity index (χ2n) is 10.6. The number of rotatable bonds is 7. The van der Waals surface area contributed by atoms with Crippen molar-refractivity contribution in [3.8, 4) is 28.7 Å². The molecular weight excluding hydrogens is 604 g/mol. The van der Waals surface area contributed by atoms with Crippen LogP contribution in [0.2, 0.25) is 0 Å². The Hall–Kier alpha value is -3.29. The third kappa shape index (κ3) is 7.10. The molecule has 2 saturated heterocycles. The number of aliphatic hydroxyl groups excluding tert-OH is 7. The van der Waals surface area contributed by atoms with Crippen molar-refractivity contribution < 1.29 is 79.2 Å². The van der Waals surface area contributed by atoms with Crippen molar-refractivity contribution in [1.29, 1.82) is 0 Å². The SMILES string of the molecule is CO.COc1ccc(C2CC(=O)c3c(O)cc(OC4OC(COC5OC(C)C(O)C(O)C5O)C(O)C(O)C4O)cc3O2)cc1O. The summed E-state index contributed by atoms with van der Waals surface area (Å²) in [6.07, 6.45) is -15.9. The van der Waals surface area contributed by atoms with Gasteiger partial charge in [-0.25, -0.2) is 0 Å². The maximum atomic E-state index is 12.9. The first-order valence-electron chi connectivity index (χ1n) is 14.0. The predicted octanol–water partition coefficient (Wildman–Crippen LogP) is -1.55. The Kier molecular flexibility index (Phi) is 11.1. The average Bonchev–Trinajstić information content (AvgIpc) is 3.02. The monoisotopic (exact) mass is 642 g/mol. The molecule has 2 aromatic carbocycles. The van der Waals surface area contributed by atoms with Crippen molar-refractivity contribution >= 4 is 5.78 Å². The topological polar surface area (TPSA) is 255 Å². The molecule has 3 heterocycles. The molecule has 3 aliphatic rings. The standard InChI is InChI=1S/C28H34O15.CH4O/c1-10-21(32)23(34)25(36)27(40-10)39-9-19-22(33)24(35)26(37)28(43-19)41-12-6-14(30)20-15(31)8-17(42-18(20)7-12)11-3-4-16(38-2)13(29)5-11;1-2/h3-7,10,17,19,21-30,32-37H,8-9H2,1-2H3;2H,1H3.